The number of aromatic nitrogens is 10. The molecule has 0 bridgehead atoms. The normalized spacial score (nSPS) is 28.7. The zero-order chi connectivity index (χ0) is 59.8. The summed E-state index contributed by atoms with van der Waals surface area (Å²) in [5.74, 6) is -2.36. The average molecular weight is 1250 g/mol. The molecule has 43 heteroatoms. The molecule has 8 heterocycles. The van der Waals surface area contributed by atoms with Gasteiger partial charge in [0.25, 0.3) is 17.1 Å². The summed E-state index contributed by atoms with van der Waals surface area (Å²) in [5, 5.41) is 33.3. The van der Waals surface area contributed by atoms with Gasteiger partial charge in [0.05, 0.1) is 64.3 Å². The van der Waals surface area contributed by atoms with Crippen LogP contribution in [0.1, 0.15) is 25.1 Å². The quantitative estimate of drug-likeness (QED) is 0.0184. The lowest BCUT2D eigenvalue weighted by Gasteiger charge is -2.35. The highest BCUT2D eigenvalue weighted by Gasteiger charge is 2.55. The molecule has 39 nitrogen and oxygen atoms in total. The van der Waals surface area contributed by atoms with Crippen LogP contribution in [-0.4, -0.2) is 200 Å². The Morgan fingerprint density at radius 1 is 0.817 bits per heavy atom. The van der Waals surface area contributed by atoms with Gasteiger partial charge in [-0.1, -0.05) is 4.98 Å². The van der Waals surface area contributed by atoms with Gasteiger partial charge in [-0.05, 0) is 0 Å². The Kier molecular flexibility index (Phi) is 19.3. The molecule has 454 valence electrons. The van der Waals surface area contributed by atoms with E-state index in [1.54, 1.807) is 0 Å². The summed E-state index contributed by atoms with van der Waals surface area (Å²) < 4.78 is 116. The number of aliphatic hydroxyl groups excluding tert-OH is 3. The van der Waals surface area contributed by atoms with Crippen LogP contribution in [0, 0.1) is 5.92 Å². The highest BCUT2D eigenvalue weighted by atomic mass is 31.3. The predicted octanol–water partition coefficient (Wildman–Crippen LogP) is -4.67. The molecular formula is C39H57N13O26P4. The number of aliphatic hydroxyl groups is 3. The van der Waals surface area contributed by atoms with Crippen LogP contribution < -0.4 is 37.7 Å². The van der Waals surface area contributed by atoms with Crippen molar-refractivity contribution in [3.05, 3.63) is 62.4 Å². The van der Waals surface area contributed by atoms with Crippen LogP contribution >= 0.6 is 31.1 Å². The third-order valence-corrected chi connectivity index (χ3v) is 19.3. The summed E-state index contributed by atoms with van der Waals surface area (Å²) in [6.07, 6.45) is -13.3. The first-order chi connectivity index (χ1) is 38.6. The highest BCUT2D eigenvalue weighted by Crippen LogP contribution is 2.68. The van der Waals surface area contributed by atoms with Crippen molar-refractivity contribution >= 4 is 71.1 Å². The second-order valence-electron chi connectivity index (χ2n) is 18.4. The summed E-state index contributed by atoms with van der Waals surface area (Å²) in [4.78, 5) is 119. The fourth-order valence-electron chi connectivity index (χ4n) is 9.41. The smallest absolute Gasteiger partial charge is 0.490 e. The number of hydrogen-bond donors (Lipinski definition) is 10. The van der Waals surface area contributed by atoms with Gasteiger partial charge in [-0.15, -0.1) is 0 Å². The molecule has 3 fully saturated rings. The number of ether oxygens (including phenoxy) is 6. The van der Waals surface area contributed by atoms with Crippen molar-refractivity contribution in [3.63, 3.8) is 0 Å². The maximum Gasteiger partial charge on any atom is 0.490 e. The third-order valence-electron chi connectivity index (χ3n) is 13.2. The molecule has 5 aromatic rings. The molecule has 0 radical (unpaired) electrons. The van der Waals surface area contributed by atoms with Gasteiger partial charge >= 0.3 is 34.8 Å². The average Bonchev–Trinajstić information content (AvgIpc) is 4.00. The molecule has 8 rings (SSSR count). The number of hydrogen-bond acceptors (Lipinski definition) is 29. The van der Waals surface area contributed by atoms with Crippen molar-refractivity contribution in [1.29, 1.82) is 0 Å². The molecule has 0 aliphatic carbocycles. The molecule has 3 aliphatic rings. The Balaban J connectivity index is 0.978. The molecule has 3 aliphatic heterocycles. The SMILES string of the molecule is COCCN(CCOC)C(=O)C[C@@H]1[C@@H](COP(=O)(O)OP(=O)(O)OP(=O)(O)OC[C@H]2O[C@@H](n3cnc4c(N)ncnc43)[C@H](OC)[C@@H]2P(=O)([O-])OC[C@H]2O[C@@H](n3ccc(=O)[nH]c3=O)[C@H](O)[C@@H]2O)OC([n+]2cn(C)c3c(=O)[nH]c(N)nc32)[C@@H]1O. The Labute approximate surface area is 459 Å². The second kappa shape index (κ2) is 25.2. The zero-order valence-electron chi connectivity index (χ0n) is 43.3. The molecule has 5 aromatic heterocycles. The lowest BCUT2D eigenvalue weighted by molar-refractivity contribution is -0.745. The first kappa shape index (κ1) is 62.9. The molecule has 0 aromatic carbocycles. The minimum absolute atomic E-state index is 0.00601. The lowest BCUT2D eigenvalue weighted by Crippen LogP contribution is -2.46. The highest BCUT2D eigenvalue weighted by molar-refractivity contribution is 7.66. The third kappa shape index (κ3) is 13.7. The number of nitrogens with zero attached hydrogens (tertiary/aromatic N) is 9. The number of aryl methyl sites for hydroxylation is 1. The van der Waals surface area contributed by atoms with Crippen LogP contribution in [-0.2, 0) is 80.7 Å². The van der Waals surface area contributed by atoms with E-state index in [0.717, 1.165) is 36.6 Å². The Morgan fingerprint density at radius 3 is 2.09 bits per heavy atom. The molecule has 5 unspecified atom stereocenters. The van der Waals surface area contributed by atoms with E-state index in [-0.39, 0.29) is 60.4 Å². The van der Waals surface area contributed by atoms with E-state index in [9.17, 15) is 72.3 Å². The summed E-state index contributed by atoms with van der Waals surface area (Å²) in [6, 6.07) is 0.911. The molecule has 12 N–H and O–H groups in total. The Hall–Kier alpha value is -5.15. The number of aromatic amines is 2. The lowest BCUT2D eigenvalue weighted by atomic mass is 9.93. The number of phosphoric acid groups is 3. The standard InChI is InChI=1S/C39H57N13O26P4/c1-48-17-52(33-25(48)34(58)47-38(41)46-33)35-26(55)18(11-23(54)49(7-9-68-2)8-10-69-3)19(74-35)12-72-80(62,63)77-82(66,67)78-81(64,65)73-14-21-30(29(70-4)37(76-21)51-16-44-24-31(40)42-15-43-32(24)51)79(60,61)71-13-20-27(56)28(57)36(75-20)50-6-5-22(53)45-39(50)59/h5-6,15-21,26-30,35-37,55-57H,7-14H2,1-4H3,(H9-,40,41,42,43,45,46,47,53,58,59,60,61,62,63,64,65,66,67)/t18-,19-,20-,21-,26-,27-,28-,29-,30-,35?,36-,37-/m1/s1. The number of rotatable bonds is 26. The summed E-state index contributed by atoms with van der Waals surface area (Å²) in [6.45, 7) is -3.25. The van der Waals surface area contributed by atoms with Crippen molar-refractivity contribution in [3.8, 4) is 0 Å². The number of imidazole rings is 2. The fraction of sp³-hybridized carbons (Fsp3) is 0.615. The van der Waals surface area contributed by atoms with Gasteiger partial charge < -0.3 is 88.8 Å². The first-order valence-electron chi connectivity index (χ1n) is 24.0. The van der Waals surface area contributed by atoms with Crippen LogP contribution in [0.15, 0.2) is 45.6 Å². The van der Waals surface area contributed by atoms with Gasteiger partial charge in [0.1, 0.15) is 50.0 Å². The van der Waals surface area contributed by atoms with Crippen LogP contribution in [0.5, 0.6) is 0 Å². The molecular weight excluding hydrogens is 1190 g/mol. The van der Waals surface area contributed by atoms with E-state index in [0.29, 0.717) is 4.57 Å². The fourth-order valence-corrected chi connectivity index (χ4v) is 14.6. The number of phosphoric ester groups is 2. The van der Waals surface area contributed by atoms with E-state index in [2.05, 4.69) is 33.5 Å². The van der Waals surface area contributed by atoms with Gasteiger partial charge in [0, 0.05) is 59.0 Å². The number of nitrogens with one attached hydrogen (secondary N) is 2. The molecule has 0 spiro atoms. The monoisotopic (exact) mass is 1250 g/mol. The van der Waals surface area contributed by atoms with Crippen molar-refractivity contribution in [2.45, 2.75) is 73.5 Å². The van der Waals surface area contributed by atoms with Crippen molar-refractivity contribution < 1.29 is 113 Å². The van der Waals surface area contributed by atoms with Crippen LogP contribution in [0.25, 0.3) is 22.3 Å². The number of nitrogen functional groups attached to an aromatic ring is 2. The van der Waals surface area contributed by atoms with Gasteiger partial charge in [0.15, 0.2) is 30.2 Å². The zero-order valence-corrected chi connectivity index (χ0v) is 46.9. The summed E-state index contributed by atoms with van der Waals surface area (Å²) in [7, 11) is -18.6. The predicted molar refractivity (Wildman–Crippen MR) is 267 cm³/mol. The Morgan fingerprint density at radius 2 is 1.45 bits per heavy atom. The van der Waals surface area contributed by atoms with Crippen LogP contribution in [0.2, 0.25) is 0 Å². The number of methoxy groups -OCH3 is 3. The molecule has 3 saturated heterocycles. The van der Waals surface area contributed by atoms with Crippen molar-refractivity contribution in [2.75, 3.05) is 78.9 Å². The number of carbonyl (C=O) groups is 1. The van der Waals surface area contributed by atoms with E-state index in [1.807, 2.05) is 4.98 Å². The van der Waals surface area contributed by atoms with E-state index >= 15 is 0 Å². The molecule has 16 atom stereocenters. The first-order valence-corrected chi connectivity index (χ1v) is 30.1. The minimum Gasteiger partial charge on any atom is -0.778 e. The Bertz CT molecular complexity index is 3500. The number of H-pyrrole nitrogens is 2. The number of carbonyl (C=O) groups excluding carboxylic acids is 1. The topological polar surface area (TPSA) is 540 Å². The molecule has 0 saturated carbocycles. The largest absolute Gasteiger partial charge is 0.778 e. The second-order valence-corrected chi connectivity index (χ2v) is 25.0. The van der Waals surface area contributed by atoms with Gasteiger partial charge in [-0.2, -0.15) is 8.62 Å². The number of fused-ring (bicyclic) bond motifs is 2. The van der Waals surface area contributed by atoms with Gasteiger partial charge in [0.2, 0.25) is 17.7 Å². The van der Waals surface area contributed by atoms with E-state index in [4.69, 9.17) is 53.5 Å². The van der Waals surface area contributed by atoms with Crippen molar-refractivity contribution in [1.82, 2.24) is 48.5 Å². The van der Waals surface area contributed by atoms with Crippen LogP contribution in [0.4, 0.5) is 11.8 Å². The maximum atomic E-state index is 14.3. The maximum absolute atomic E-state index is 14.3. The summed E-state index contributed by atoms with van der Waals surface area (Å²) in [5.41, 5.74) is 6.93. The number of nitrogens with two attached hydrogens (primary N) is 2. The number of anilines is 2. The molecule has 1 amide bonds. The van der Waals surface area contributed by atoms with Gasteiger partial charge in [-0.3, -0.25) is 47.1 Å². The van der Waals surface area contributed by atoms with E-state index < -0.39 is 153 Å². The van der Waals surface area contributed by atoms with Crippen molar-refractivity contribution in [2.24, 2.45) is 13.0 Å². The van der Waals surface area contributed by atoms with E-state index in [1.165, 1.54) is 41.6 Å². The van der Waals surface area contributed by atoms with Crippen LogP contribution in [0.3, 0.4) is 0 Å². The molecule has 82 heavy (non-hydrogen) atoms. The minimum atomic E-state index is -6.31. The summed E-state index contributed by atoms with van der Waals surface area (Å²) >= 11 is 0. The van der Waals surface area contributed by atoms with Gasteiger partial charge in [-0.25, -0.2) is 38.0 Å². The number of amides is 1.